The lowest BCUT2D eigenvalue weighted by molar-refractivity contribution is 0.0949. The number of hydrogen-bond acceptors (Lipinski definition) is 7. The average molecular weight is 459 g/mol. The summed E-state index contributed by atoms with van der Waals surface area (Å²) in [5.41, 5.74) is 5.02. The first-order chi connectivity index (χ1) is 16.6. The van der Waals surface area contributed by atoms with Crippen molar-refractivity contribution in [3.05, 3.63) is 71.4 Å². The van der Waals surface area contributed by atoms with Gasteiger partial charge in [0.25, 0.3) is 5.91 Å². The van der Waals surface area contributed by atoms with E-state index in [0.717, 1.165) is 30.9 Å². The Balaban J connectivity index is 1.40. The van der Waals surface area contributed by atoms with Crippen molar-refractivity contribution >= 4 is 28.7 Å². The number of anilines is 2. The molecule has 0 fully saturated rings. The van der Waals surface area contributed by atoms with E-state index in [4.69, 9.17) is 0 Å². The molecule has 0 aliphatic heterocycles. The van der Waals surface area contributed by atoms with Gasteiger partial charge in [-0.1, -0.05) is 48.9 Å². The fraction of sp³-hybridized carbons (Fsp3) is 0.320. The SMILES string of the molecule is CCN(CC)CCNC(=O)c1ccc(Nc2ncc3nnn(Cc4ccc(C)cc4)c3n2)cc1. The quantitative estimate of drug-likeness (QED) is 0.376. The highest BCUT2D eigenvalue weighted by Crippen LogP contribution is 2.17. The van der Waals surface area contributed by atoms with Crippen LogP contribution in [0.25, 0.3) is 11.2 Å². The first-order valence-corrected chi connectivity index (χ1v) is 11.5. The van der Waals surface area contributed by atoms with E-state index in [9.17, 15) is 4.79 Å². The molecule has 2 aromatic heterocycles. The Morgan fingerprint density at radius 1 is 1.03 bits per heavy atom. The van der Waals surface area contributed by atoms with Crippen LogP contribution in [0, 0.1) is 6.92 Å². The molecule has 9 heteroatoms. The Morgan fingerprint density at radius 3 is 2.47 bits per heavy atom. The third-order valence-electron chi connectivity index (χ3n) is 5.72. The number of carbonyl (C=O) groups is 1. The second-order valence-corrected chi connectivity index (χ2v) is 8.12. The highest BCUT2D eigenvalue weighted by Gasteiger charge is 2.10. The number of hydrogen-bond donors (Lipinski definition) is 2. The Bertz CT molecular complexity index is 1230. The summed E-state index contributed by atoms with van der Waals surface area (Å²) in [6.45, 7) is 10.3. The first-order valence-electron chi connectivity index (χ1n) is 11.5. The molecule has 0 aliphatic rings. The third kappa shape index (κ3) is 5.74. The molecule has 9 nitrogen and oxygen atoms in total. The maximum absolute atomic E-state index is 12.4. The van der Waals surface area contributed by atoms with Gasteiger partial charge >= 0.3 is 0 Å². The zero-order valence-electron chi connectivity index (χ0n) is 19.8. The molecule has 2 N–H and O–H groups in total. The van der Waals surface area contributed by atoms with Gasteiger partial charge in [-0.15, -0.1) is 5.10 Å². The molecule has 34 heavy (non-hydrogen) atoms. The summed E-state index contributed by atoms with van der Waals surface area (Å²) in [4.78, 5) is 23.6. The van der Waals surface area contributed by atoms with E-state index in [2.05, 4.69) is 80.9 Å². The molecule has 0 atom stereocenters. The molecule has 2 heterocycles. The van der Waals surface area contributed by atoms with Gasteiger partial charge in [0.1, 0.15) is 0 Å². The maximum Gasteiger partial charge on any atom is 0.251 e. The molecule has 0 radical (unpaired) electrons. The Hall–Kier alpha value is -3.85. The Morgan fingerprint density at radius 2 is 1.76 bits per heavy atom. The largest absolute Gasteiger partial charge is 0.351 e. The molecule has 1 amide bonds. The minimum Gasteiger partial charge on any atom is -0.351 e. The second kappa shape index (κ2) is 10.8. The van der Waals surface area contributed by atoms with Crippen LogP contribution in [-0.2, 0) is 6.54 Å². The van der Waals surface area contributed by atoms with E-state index in [-0.39, 0.29) is 5.91 Å². The second-order valence-electron chi connectivity index (χ2n) is 8.12. The van der Waals surface area contributed by atoms with Crippen molar-refractivity contribution in [3.63, 3.8) is 0 Å². The van der Waals surface area contributed by atoms with Crippen molar-refractivity contribution in [1.82, 2.24) is 35.2 Å². The lowest BCUT2D eigenvalue weighted by Gasteiger charge is -2.17. The van der Waals surface area contributed by atoms with Crippen molar-refractivity contribution in [2.24, 2.45) is 0 Å². The van der Waals surface area contributed by atoms with Gasteiger partial charge < -0.3 is 15.5 Å². The third-order valence-corrected chi connectivity index (χ3v) is 5.72. The Kier molecular flexibility index (Phi) is 7.44. The van der Waals surface area contributed by atoms with E-state index in [1.54, 1.807) is 23.0 Å². The fourth-order valence-electron chi connectivity index (χ4n) is 3.61. The van der Waals surface area contributed by atoms with Crippen LogP contribution in [0.2, 0.25) is 0 Å². The summed E-state index contributed by atoms with van der Waals surface area (Å²) in [7, 11) is 0. The predicted molar refractivity (Wildman–Crippen MR) is 133 cm³/mol. The normalized spacial score (nSPS) is 11.2. The van der Waals surface area contributed by atoms with E-state index >= 15 is 0 Å². The maximum atomic E-state index is 12.4. The van der Waals surface area contributed by atoms with Gasteiger partial charge in [0.05, 0.1) is 12.7 Å². The van der Waals surface area contributed by atoms with Gasteiger partial charge in [-0.05, 0) is 49.8 Å². The number of amides is 1. The zero-order chi connectivity index (χ0) is 23.9. The van der Waals surface area contributed by atoms with E-state index < -0.39 is 0 Å². The van der Waals surface area contributed by atoms with Crippen LogP contribution in [0.3, 0.4) is 0 Å². The van der Waals surface area contributed by atoms with E-state index in [1.165, 1.54) is 5.56 Å². The summed E-state index contributed by atoms with van der Waals surface area (Å²) in [5.74, 6) is 0.360. The van der Waals surface area contributed by atoms with Crippen molar-refractivity contribution in [1.29, 1.82) is 0 Å². The van der Waals surface area contributed by atoms with Gasteiger partial charge in [-0.2, -0.15) is 4.98 Å². The number of likely N-dealkylation sites (N-methyl/N-ethyl adjacent to an activating group) is 1. The van der Waals surface area contributed by atoms with Gasteiger partial charge in [-0.25, -0.2) is 9.67 Å². The molecule has 4 aromatic rings. The summed E-state index contributed by atoms with van der Waals surface area (Å²) in [5, 5.41) is 14.6. The number of aromatic nitrogens is 5. The van der Waals surface area contributed by atoms with Crippen LogP contribution in [-0.4, -0.2) is 61.9 Å². The fourth-order valence-corrected chi connectivity index (χ4v) is 3.61. The first kappa shape index (κ1) is 23.3. The number of carbonyl (C=O) groups excluding carboxylic acids is 1. The van der Waals surface area contributed by atoms with Crippen LogP contribution >= 0.6 is 0 Å². The molecule has 0 spiro atoms. The lowest BCUT2D eigenvalue weighted by Crippen LogP contribution is -2.34. The molecule has 176 valence electrons. The molecular weight excluding hydrogens is 428 g/mol. The number of aryl methyl sites for hydroxylation is 1. The van der Waals surface area contributed by atoms with Crippen LogP contribution in [0.15, 0.2) is 54.7 Å². The van der Waals surface area contributed by atoms with E-state index in [1.807, 2.05) is 12.1 Å². The Labute approximate surface area is 199 Å². The summed E-state index contributed by atoms with van der Waals surface area (Å²) >= 11 is 0. The summed E-state index contributed by atoms with van der Waals surface area (Å²) in [6.07, 6.45) is 1.65. The summed E-state index contributed by atoms with van der Waals surface area (Å²) in [6, 6.07) is 15.6. The number of nitrogens with one attached hydrogen (secondary N) is 2. The van der Waals surface area contributed by atoms with Crippen LogP contribution in [0.5, 0.6) is 0 Å². The summed E-state index contributed by atoms with van der Waals surface area (Å²) < 4.78 is 1.76. The molecule has 2 aromatic carbocycles. The topological polar surface area (TPSA) is 101 Å². The van der Waals surface area contributed by atoms with Gasteiger partial charge in [0, 0.05) is 24.3 Å². The van der Waals surface area contributed by atoms with Crippen LogP contribution in [0.1, 0.15) is 35.3 Å². The predicted octanol–water partition coefficient (Wildman–Crippen LogP) is 3.39. The molecule has 4 rings (SSSR count). The minimum atomic E-state index is -0.0811. The molecule has 0 saturated heterocycles. The van der Waals surface area contributed by atoms with Gasteiger partial charge in [0.15, 0.2) is 11.2 Å². The molecular formula is C25H30N8O. The van der Waals surface area contributed by atoms with Crippen molar-refractivity contribution in [2.75, 3.05) is 31.5 Å². The van der Waals surface area contributed by atoms with Crippen molar-refractivity contribution in [3.8, 4) is 0 Å². The smallest absolute Gasteiger partial charge is 0.251 e. The number of fused-ring (bicyclic) bond motifs is 1. The van der Waals surface area contributed by atoms with Crippen molar-refractivity contribution in [2.45, 2.75) is 27.3 Å². The molecule has 0 unspecified atom stereocenters. The number of nitrogens with zero attached hydrogens (tertiary/aromatic N) is 6. The zero-order valence-corrected chi connectivity index (χ0v) is 19.8. The molecule has 0 bridgehead atoms. The highest BCUT2D eigenvalue weighted by molar-refractivity contribution is 5.94. The van der Waals surface area contributed by atoms with E-state index in [0.29, 0.717) is 35.8 Å². The van der Waals surface area contributed by atoms with Crippen molar-refractivity contribution < 1.29 is 4.79 Å². The minimum absolute atomic E-state index is 0.0811. The molecule has 0 aliphatic carbocycles. The van der Waals surface area contributed by atoms with Gasteiger partial charge in [-0.3, -0.25) is 4.79 Å². The monoisotopic (exact) mass is 458 g/mol. The van der Waals surface area contributed by atoms with Crippen LogP contribution < -0.4 is 10.6 Å². The number of benzene rings is 2. The standard InChI is InChI=1S/C25H30N8O/c1-4-32(5-2)15-14-26-24(34)20-10-12-21(13-11-20)28-25-27-16-22-23(29-25)33(31-30-22)17-19-8-6-18(3)7-9-19/h6-13,16H,4-5,14-15,17H2,1-3H3,(H,26,34)(H,27,28,29). The van der Waals surface area contributed by atoms with Crippen LogP contribution in [0.4, 0.5) is 11.6 Å². The average Bonchev–Trinajstić information content (AvgIpc) is 3.25. The molecule has 0 saturated carbocycles. The number of rotatable bonds is 10. The lowest BCUT2D eigenvalue weighted by atomic mass is 10.1. The highest BCUT2D eigenvalue weighted by atomic mass is 16.1. The van der Waals surface area contributed by atoms with Gasteiger partial charge in [0.2, 0.25) is 5.95 Å².